The number of alkyl halides is 3. The van der Waals surface area contributed by atoms with E-state index in [1.165, 1.54) is 23.6 Å². The van der Waals surface area contributed by atoms with Gasteiger partial charge in [-0.25, -0.2) is 9.78 Å². The molecule has 0 unspecified atom stereocenters. The van der Waals surface area contributed by atoms with Gasteiger partial charge in [-0.05, 0) is 18.6 Å². The average molecular weight is 395 g/mol. The van der Waals surface area contributed by atoms with Crippen molar-refractivity contribution < 1.29 is 22.7 Å². The minimum absolute atomic E-state index is 0.287. The molecular weight excluding hydrogens is 379 g/mol. The Labute approximate surface area is 157 Å². The molecule has 1 aromatic carbocycles. The zero-order valence-electron chi connectivity index (χ0n) is 14.4. The van der Waals surface area contributed by atoms with Gasteiger partial charge < -0.3 is 4.74 Å². The second-order valence-corrected chi connectivity index (χ2v) is 6.70. The van der Waals surface area contributed by atoms with E-state index in [2.05, 4.69) is 10.1 Å². The van der Waals surface area contributed by atoms with Gasteiger partial charge in [0, 0.05) is 18.0 Å². The summed E-state index contributed by atoms with van der Waals surface area (Å²) in [5, 5.41) is 6.66. The molecule has 0 saturated heterocycles. The van der Waals surface area contributed by atoms with Crippen LogP contribution < -0.4 is 0 Å². The average Bonchev–Trinajstić information content (AvgIpc) is 3.25. The fourth-order valence-electron chi connectivity index (χ4n) is 2.48. The number of esters is 1. The first-order valence-electron chi connectivity index (χ1n) is 8.14. The minimum Gasteiger partial charge on any atom is -0.462 e. The Morgan fingerprint density at radius 1 is 1.33 bits per heavy atom. The van der Waals surface area contributed by atoms with Crippen LogP contribution >= 0.6 is 11.3 Å². The van der Waals surface area contributed by atoms with E-state index in [1.54, 1.807) is 23.9 Å². The van der Waals surface area contributed by atoms with Crippen LogP contribution in [0.5, 0.6) is 0 Å². The molecule has 3 rings (SSSR count). The molecule has 0 spiro atoms. The van der Waals surface area contributed by atoms with Gasteiger partial charge in [0.15, 0.2) is 0 Å². The van der Waals surface area contributed by atoms with Crippen molar-refractivity contribution in [3.63, 3.8) is 0 Å². The van der Waals surface area contributed by atoms with Crippen molar-refractivity contribution >= 4 is 17.3 Å². The second kappa shape index (κ2) is 7.91. The first-order valence-corrected chi connectivity index (χ1v) is 9.02. The highest BCUT2D eigenvalue weighted by atomic mass is 32.1. The topological polar surface area (TPSA) is 57.0 Å². The highest BCUT2D eigenvalue weighted by Crippen LogP contribution is 2.30. The number of hydrogen-bond donors (Lipinski definition) is 0. The summed E-state index contributed by atoms with van der Waals surface area (Å²) in [7, 11) is 0. The molecule has 2 heterocycles. The Balaban J connectivity index is 1.66. The number of hydrogen-bond acceptors (Lipinski definition) is 5. The van der Waals surface area contributed by atoms with Gasteiger partial charge in [-0.3, -0.25) is 4.68 Å². The molecule has 0 aliphatic rings. The summed E-state index contributed by atoms with van der Waals surface area (Å²) in [4.78, 5) is 16.1. The molecule has 0 aliphatic carbocycles. The summed E-state index contributed by atoms with van der Waals surface area (Å²) in [6, 6.07) is 5.23. The molecule has 3 aromatic rings. The van der Waals surface area contributed by atoms with Crippen LogP contribution in [0.25, 0.3) is 0 Å². The smallest absolute Gasteiger partial charge is 0.416 e. The third kappa shape index (κ3) is 4.94. The Kier molecular flexibility index (Phi) is 5.59. The Morgan fingerprint density at radius 3 is 2.89 bits per heavy atom. The van der Waals surface area contributed by atoms with Gasteiger partial charge in [-0.15, -0.1) is 11.3 Å². The van der Waals surface area contributed by atoms with Gasteiger partial charge in [0.05, 0.1) is 36.2 Å². The Hall–Kier alpha value is -2.68. The lowest BCUT2D eigenvalue weighted by Crippen LogP contribution is -2.05. The SMILES string of the molecule is CCOC(=O)c1cnn(Cc2nc(Cc3cccc(C(F)(F)F)c3)cs2)c1. The van der Waals surface area contributed by atoms with Crippen LogP contribution in [0.2, 0.25) is 0 Å². The zero-order valence-corrected chi connectivity index (χ0v) is 15.2. The van der Waals surface area contributed by atoms with Crippen molar-refractivity contribution in [1.29, 1.82) is 0 Å². The van der Waals surface area contributed by atoms with E-state index in [4.69, 9.17) is 4.74 Å². The second-order valence-electron chi connectivity index (χ2n) is 5.75. The highest BCUT2D eigenvalue weighted by molar-refractivity contribution is 7.09. The maximum Gasteiger partial charge on any atom is 0.416 e. The lowest BCUT2D eigenvalue weighted by atomic mass is 10.1. The molecule has 0 fully saturated rings. The number of halogens is 3. The number of thiazole rings is 1. The van der Waals surface area contributed by atoms with Crippen molar-refractivity contribution in [1.82, 2.24) is 14.8 Å². The van der Waals surface area contributed by atoms with Crippen LogP contribution in [-0.4, -0.2) is 27.3 Å². The highest BCUT2D eigenvalue weighted by Gasteiger charge is 2.30. The largest absolute Gasteiger partial charge is 0.462 e. The molecular formula is C18H16F3N3O2S. The van der Waals surface area contributed by atoms with E-state index in [0.717, 1.165) is 17.1 Å². The van der Waals surface area contributed by atoms with Crippen LogP contribution in [0.15, 0.2) is 42.0 Å². The molecule has 9 heteroatoms. The van der Waals surface area contributed by atoms with E-state index in [-0.39, 0.29) is 6.61 Å². The number of rotatable bonds is 6. The number of aromatic nitrogens is 3. The molecule has 0 N–H and O–H groups in total. The molecule has 0 amide bonds. The lowest BCUT2D eigenvalue weighted by molar-refractivity contribution is -0.137. The maximum absolute atomic E-state index is 12.8. The van der Waals surface area contributed by atoms with Crippen LogP contribution in [0.1, 0.15) is 39.1 Å². The number of nitrogens with zero attached hydrogens (tertiary/aromatic N) is 3. The summed E-state index contributed by atoms with van der Waals surface area (Å²) < 4.78 is 44.9. The molecule has 5 nitrogen and oxygen atoms in total. The van der Waals surface area contributed by atoms with E-state index in [0.29, 0.717) is 29.8 Å². The third-order valence-corrected chi connectivity index (χ3v) is 4.56. The predicted molar refractivity (Wildman–Crippen MR) is 93.6 cm³/mol. The van der Waals surface area contributed by atoms with Crippen molar-refractivity contribution in [3.8, 4) is 0 Å². The third-order valence-electron chi connectivity index (χ3n) is 3.68. The quantitative estimate of drug-likeness (QED) is 0.588. The predicted octanol–water partition coefficient (Wildman–Crippen LogP) is 4.17. The number of ether oxygens (including phenoxy) is 1. The van der Waals surface area contributed by atoms with E-state index >= 15 is 0 Å². The van der Waals surface area contributed by atoms with E-state index < -0.39 is 17.7 Å². The summed E-state index contributed by atoms with van der Waals surface area (Å²) in [5.41, 5.74) is 0.925. The van der Waals surface area contributed by atoms with Crippen molar-refractivity contribution in [2.45, 2.75) is 26.1 Å². The van der Waals surface area contributed by atoms with Gasteiger partial charge in [0.25, 0.3) is 0 Å². The standard InChI is InChI=1S/C18H16F3N3O2S/c1-2-26-17(25)13-8-22-24(9-13)10-16-23-15(11-27-16)7-12-4-3-5-14(6-12)18(19,20)21/h3-6,8-9,11H,2,7,10H2,1H3. The Morgan fingerprint density at radius 2 is 2.15 bits per heavy atom. The molecule has 142 valence electrons. The normalized spacial score (nSPS) is 11.6. The molecule has 2 aromatic heterocycles. The first-order chi connectivity index (χ1) is 12.8. The zero-order chi connectivity index (χ0) is 19.4. The number of carbonyl (C=O) groups is 1. The van der Waals surface area contributed by atoms with E-state index in [1.807, 2.05) is 5.38 Å². The van der Waals surface area contributed by atoms with Crippen molar-refractivity contribution in [2.24, 2.45) is 0 Å². The first kappa shape index (κ1) is 19.1. The molecule has 0 saturated carbocycles. The van der Waals surface area contributed by atoms with Crippen LogP contribution in [-0.2, 0) is 23.9 Å². The van der Waals surface area contributed by atoms with Crippen molar-refractivity contribution in [3.05, 3.63) is 69.4 Å². The number of benzene rings is 1. The van der Waals surface area contributed by atoms with Crippen LogP contribution in [0.4, 0.5) is 13.2 Å². The molecule has 0 bridgehead atoms. The van der Waals surface area contributed by atoms with Gasteiger partial charge in [0.1, 0.15) is 5.01 Å². The fourth-order valence-corrected chi connectivity index (χ4v) is 3.26. The monoisotopic (exact) mass is 395 g/mol. The minimum atomic E-state index is -4.36. The van der Waals surface area contributed by atoms with Crippen molar-refractivity contribution in [2.75, 3.05) is 6.61 Å². The molecule has 0 radical (unpaired) electrons. The lowest BCUT2D eigenvalue weighted by Gasteiger charge is -2.07. The van der Waals surface area contributed by atoms with Gasteiger partial charge in [-0.2, -0.15) is 18.3 Å². The van der Waals surface area contributed by atoms with Crippen LogP contribution in [0, 0.1) is 0 Å². The van der Waals surface area contributed by atoms with E-state index in [9.17, 15) is 18.0 Å². The van der Waals surface area contributed by atoms with Gasteiger partial charge in [0.2, 0.25) is 0 Å². The van der Waals surface area contributed by atoms with Crippen LogP contribution in [0.3, 0.4) is 0 Å². The summed E-state index contributed by atoms with van der Waals surface area (Å²) >= 11 is 1.39. The molecule has 0 aliphatic heterocycles. The summed E-state index contributed by atoms with van der Waals surface area (Å²) in [6.45, 7) is 2.38. The molecule has 27 heavy (non-hydrogen) atoms. The summed E-state index contributed by atoms with van der Waals surface area (Å²) in [5.74, 6) is -0.437. The fraction of sp³-hybridized carbons (Fsp3) is 0.278. The molecule has 0 atom stereocenters. The van der Waals surface area contributed by atoms with Gasteiger partial charge >= 0.3 is 12.1 Å². The Bertz CT molecular complexity index is 934. The maximum atomic E-state index is 12.8. The van der Waals surface area contributed by atoms with Gasteiger partial charge in [-0.1, -0.05) is 18.2 Å². The summed E-state index contributed by atoms with van der Waals surface area (Å²) in [6.07, 6.45) is -1.05. The number of carbonyl (C=O) groups excluding carboxylic acids is 1.